The molecule has 1 unspecified atom stereocenters. The van der Waals surface area contributed by atoms with E-state index in [1.807, 2.05) is 31.2 Å². The molecule has 1 aromatic carbocycles. The molecule has 0 saturated carbocycles. The number of alkyl halides is 3. The first-order valence-electron chi connectivity index (χ1n) is 9.56. The first-order chi connectivity index (χ1) is 12.8. The second-order valence-electron chi connectivity index (χ2n) is 7.84. The van der Waals surface area contributed by atoms with Gasteiger partial charge in [0, 0.05) is 18.3 Å². The third-order valence-corrected chi connectivity index (χ3v) is 6.10. The van der Waals surface area contributed by atoms with Gasteiger partial charge in [-0.1, -0.05) is 17.7 Å². The number of fused-ring (bicyclic) bond motifs is 3. The standard InChI is InChI=1S/C21H25F3N2O/c1-14-3-5-17(6-4-14)27-18-7-8-19(21(22,23)24)26(13-18)20-15(2)25-11-9-16(20)10-12-25/h3-8,13,15-16,19-20H,9-12H2,1-2H3/t15-,19?,20-/m0/s1. The summed E-state index contributed by atoms with van der Waals surface area (Å²) in [6.45, 7) is 6.00. The van der Waals surface area contributed by atoms with Crippen molar-refractivity contribution in [2.24, 2.45) is 5.92 Å². The highest BCUT2D eigenvalue weighted by Gasteiger charge is 2.50. The zero-order chi connectivity index (χ0) is 19.2. The summed E-state index contributed by atoms with van der Waals surface area (Å²) in [4.78, 5) is 3.81. The van der Waals surface area contributed by atoms with Crippen LogP contribution in [-0.4, -0.2) is 47.2 Å². The van der Waals surface area contributed by atoms with Crippen LogP contribution < -0.4 is 4.74 Å². The van der Waals surface area contributed by atoms with Crippen molar-refractivity contribution in [2.75, 3.05) is 13.1 Å². The van der Waals surface area contributed by atoms with Crippen LogP contribution in [0.25, 0.3) is 0 Å². The first kappa shape index (κ1) is 18.4. The lowest BCUT2D eigenvalue weighted by molar-refractivity contribution is -0.180. The minimum atomic E-state index is -4.31. The molecular weight excluding hydrogens is 353 g/mol. The van der Waals surface area contributed by atoms with Crippen LogP contribution in [0.15, 0.2) is 48.4 Å². The molecule has 0 spiro atoms. The van der Waals surface area contributed by atoms with Gasteiger partial charge in [0.15, 0.2) is 0 Å². The fourth-order valence-corrected chi connectivity index (χ4v) is 4.68. The molecule has 5 rings (SSSR count). The minimum absolute atomic E-state index is 0.103. The van der Waals surface area contributed by atoms with Crippen LogP contribution in [0, 0.1) is 12.8 Å². The summed E-state index contributed by atoms with van der Waals surface area (Å²) in [5.41, 5.74) is 1.11. The Labute approximate surface area is 158 Å². The Kier molecular flexibility index (Phi) is 4.70. The van der Waals surface area contributed by atoms with Gasteiger partial charge in [0.1, 0.15) is 17.6 Å². The molecule has 4 aliphatic heterocycles. The number of rotatable bonds is 3. The zero-order valence-electron chi connectivity index (χ0n) is 15.6. The van der Waals surface area contributed by atoms with Gasteiger partial charge in [-0.2, -0.15) is 13.2 Å². The van der Waals surface area contributed by atoms with Gasteiger partial charge in [-0.15, -0.1) is 0 Å². The van der Waals surface area contributed by atoms with Gasteiger partial charge in [-0.3, -0.25) is 4.90 Å². The Morgan fingerprint density at radius 2 is 1.74 bits per heavy atom. The SMILES string of the molecule is Cc1ccc(OC2=CN([C@@H]3C4CCN(CC4)[C@H]3C)C(C(F)(F)F)C=C2)cc1. The van der Waals surface area contributed by atoms with Crippen LogP contribution in [0.2, 0.25) is 0 Å². The molecule has 0 aromatic heterocycles. The van der Waals surface area contributed by atoms with Crippen molar-refractivity contribution < 1.29 is 17.9 Å². The van der Waals surface area contributed by atoms with Gasteiger partial charge < -0.3 is 9.64 Å². The van der Waals surface area contributed by atoms with E-state index in [4.69, 9.17) is 4.74 Å². The fourth-order valence-electron chi connectivity index (χ4n) is 4.68. The molecule has 1 aromatic rings. The Morgan fingerprint density at radius 1 is 1.07 bits per heavy atom. The number of ether oxygens (including phenoxy) is 1. The summed E-state index contributed by atoms with van der Waals surface area (Å²) < 4.78 is 47.1. The molecule has 0 amide bonds. The lowest BCUT2D eigenvalue weighted by Crippen LogP contribution is -2.64. The highest BCUT2D eigenvalue weighted by atomic mass is 19.4. The van der Waals surface area contributed by atoms with Gasteiger partial charge in [-0.25, -0.2) is 0 Å². The highest BCUT2D eigenvalue weighted by molar-refractivity contribution is 5.32. The highest BCUT2D eigenvalue weighted by Crippen LogP contribution is 2.40. The summed E-state index contributed by atoms with van der Waals surface area (Å²) in [7, 11) is 0. The molecule has 3 atom stereocenters. The molecule has 4 heterocycles. The third kappa shape index (κ3) is 3.59. The second-order valence-corrected chi connectivity index (χ2v) is 7.84. The predicted molar refractivity (Wildman–Crippen MR) is 98.3 cm³/mol. The summed E-state index contributed by atoms with van der Waals surface area (Å²) in [6.07, 6.45) is 1.85. The van der Waals surface area contributed by atoms with E-state index < -0.39 is 12.2 Å². The average Bonchev–Trinajstić information content (AvgIpc) is 2.64. The summed E-state index contributed by atoms with van der Waals surface area (Å²) in [6, 6.07) is 5.87. The summed E-state index contributed by atoms with van der Waals surface area (Å²) in [5, 5.41) is 0. The van der Waals surface area contributed by atoms with Crippen molar-refractivity contribution in [3.63, 3.8) is 0 Å². The maximum Gasteiger partial charge on any atom is 0.412 e. The van der Waals surface area contributed by atoms with E-state index in [9.17, 15) is 13.2 Å². The maximum atomic E-state index is 13.7. The van der Waals surface area contributed by atoms with Gasteiger partial charge in [-0.05, 0) is 70.0 Å². The second kappa shape index (κ2) is 6.89. The van der Waals surface area contributed by atoms with Crippen LogP contribution in [0.4, 0.5) is 13.2 Å². The quantitative estimate of drug-likeness (QED) is 0.770. The molecule has 3 nitrogen and oxygen atoms in total. The largest absolute Gasteiger partial charge is 0.456 e. The van der Waals surface area contributed by atoms with Gasteiger partial charge in [0.2, 0.25) is 0 Å². The number of allylic oxidation sites excluding steroid dienone is 1. The number of nitrogens with zero attached hydrogens (tertiary/aromatic N) is 2. The van der Waals surface area contributed by atoms with Crippen LogP contribution >= 0.6 is 0 Å². The molecule has 0 radical (unpaired) electrons. The summed E-state index contributed by atoms with van der Waals surface area (Å²) >= 11 is 0. The Morgan fingerprint density at radius 3 is 2.33 bits per heavy atom. The minimum Gasteiger partial charge on any atom is -0.456 e. The molecule has 6 heteroatoms. The van der Waals surface area contributed by atoms with Crippen LogP contribution in [0.5, 0.6) is 5.75 Å². The van der Waals surface area contributed by atoms with Crippen molar-refractivity contribution in [1.29, 1.82) is 0 Å². The molecule has 4 aliphatic rings. The monoisotopic (exact) mass is 378 g/mol. The smallest absolute Gasteiger partial charge is 0.412 e. The van der Waals surface area contributed by atoms with Crippen molar-refractivity contribution in [3.8, 4) is 5.75 Å². The lowest BCUT2D eigenvalue weighted by atomic mass is 9.77. The van der Waals surface area contributed by atoms with E-state index in [1.54, 1.807) is 6.20 Å². The number of hydrogen-bond donors (Lipinski definition) is 0. The predicted octanol–water partition coefficient (Wildman–Crippen LogP) is 4.50. The lowest BCUT2D eigenvalue weighted by Gasteiger charge is -2.55. The van der Waals surface area contributed by atoms with Crippen molar-refractivity contribution >= 4 is 0 Å². The van der Waals surface area contributed by atoms with E-state index in [0.717, 1.165) is 31.5 Å². The van der Waals surface area contributed by atoms with Crippen LogP contribution in [0.3, 0.4) is 0 Å². The van der Waals surface area contributed by atoms with E-state index in [-0.39, 0.29) is 12.1 Å². The molecule has 3 fully saturated rings. The van der Waals surface area contributed by atoms with E-state index in [0.29, 0.717) is 17.4 Å². The Bertz CT molecular complexity index is 731. The van der Waals surface area contributed by atoms with Crippen molar-refractivity contribution in [2.45, 2.75) is 51.0 Å². The molecule has 27 heavy (non-hydrogen) atoms. The number of halogens is 3. The van der Waals surface area contributed by atoms with E-state index in [1.165, 1.54) is 17.1 Å². The van der Waals surface area contributed by atoms with Crippen molar-refractivity contribution in [1.82, 2.24) is 9.80 Å². The molecule has 3 saturated heterocycles. The zero-order valence-corrected chi connectivity index (χ0v) is 15.6. The van der Waals surface area contributed by atoms with Crippen LogP contribution in [-0.2, 0) is 0 Å². The number of piperidine rings is 3. The molecular formula is C21H25F3N2O. The van der Waals surface area contributed by atoms with Crippen molar-refractivity contribution in [3.05, 3.63) is 53.9 Å². The maximum absolute atomic E-state index is 13.7. The van der Waals surface area contributed by atoms with Gasteiger partial charge >= 0.3 is 6.18 Å². The normalized spacial score (nSPS) is 33.1. The number of aryl methyl sites for hydroxylation is 1. The fraction of sp³-hybridized carbons (Fsp3) is 0.524. The topological polar surface area (TPSA) is 15.7 Å². The molecule has 146 valence electrons. The summed E-state index contributed by atoms with van der Waals surface area (Å²) in [5.74, 6) is 1.37. The first-order valence-corrected chi connectivity index (χ1v) is 9.56. The third-order valence-electron chi connectivity index (χ3n) is 6.10. The van der Waals surface area contributed by atoms with E-state index >= 15 is 0 Å². The average molecular weight is 378 g/mol. The molecule has 0 N–H and O–H groups in total. The molecule has 2 bridgehead atoms. The molecule has 0 aliphatic carbocycles. The van der Waals surface area contributed by atoms with Crippen LogP contribution in [0.1, 0.15) is 25.3 Å². The Hall–Kier alpha value is -1.95. The van der Waals surface area contributed by atoms with Gasteiger partial charge in [0.25, 0.3) is 0 Å². The number of benzene rings is 1. The number of hydrogen-bond acceptors (Lipinski definition) is 3. The van der Waals surface area contributed by atoms with E-state index in [2.05, 4.69) is 11.8 Å². The Balaban J connectivity index is 1.63. The van der Waals surface area contributed by atoms with Gasteiger partial charge in [0.05, 0.1) is 0 Å².